The van der Waals surface area contributed by atoms with Crippen LogP contribution in [-0.2, 0) is 14.3 Å². The van der Waals surface area contributed by atoms with Crippen molar-refractivity contribution in [2.45, 2.75) is 60.2 Å². The number of hydrogen-bond acceptors (Lipinski definition) is 4. The van der Waals surface area contributed by atoms with Gasteiger partial charge in [0.2, 0.25) is 0 Å². The van der Waals surface area contributed by atoms with Crippen molar-refractivity contribution >= 4 is 28.5 Å². The van der Waals surface area contributed by atoms with E-state index in [1.807, 2.05) is 109 Å². The first kappa shape index (κ1) is 29.3. The first-order valence-corrected chi connectivity index (χ1v) is 13.8. The average Bonchev–Trinajstić information content (AvgIpc) is 2.89. The molecule has 0 unspecified atom stereocenters. The number of nitrogens with zero attached hydrogens (tertiary/aromatic N) is 1. The third kappa shape index (κ3) is 7.30. The summed E-state index contributed by atoms with van der Waals surface area (Å²) in [7, 11) is 0. The largest absolute Gasteiger partial charge is 0.462 e. The molecule has 0 radical (unpaired) electrons. The molecule has 0 N–H and O–H groups in total. The van der Waals surface area contributed by atoms with E-state index in [4.69, 9.17) is 26.1 Å². The van der Waals surface area contributed by atoms with Crippen molar-refractivity contribution in [2.75, 3.05) is 6.61 Å². The number of halogens is 1. The topological polar surface area (TPSA) is 48.4 Å². The molecule has 0 aliphatic heterocycles. The lowest BCUT2D eigenvalue weighted by Crippen LogP contribution is -2.30. The second kappa shape index (κ2) is 11.8. The number of aromatic nitrogens is 1. The number of esters is 1. The number of fused-ring (bicyclic) bond motifs is 1. The number of hydrogen-bond donors (Lipinski definition) is 0. The first-order chi connectivity index (χ1) is 18.8. The lowest BCUT2D eigenvalue weighted by Gasteiger charge is -2.31. The van der Waals surface area contributed by atoms with Crippen LogP contribution in [0, 0.1) is 24.2 Å². The maximum absolute atomic E-state index is 12.7. The van der Waals surface area contributed by atoms with Crippen LogP contribution in [0.4, 0.5) is 0 Å². The molecule has 206 valence electrons. The minimum absolute atomic E-state index is 0.0916. The number of aryl methyl sites for hydroxylation is 1. The van der Waals surface area contributed by atoms with Crippen molar-refractivity contribution in [2.24, 2.45) is 5.41 Å². The highest BCUT2D eigenvalue weighted by molar-refractivity contribution is 6.30. The third-order valence-electron chi connectivity index (χ3n) is 6.28. The number of carbonyl (C=O) groups excluding carboxylic acids is 1. The molecule has 0 spiro atoms. The molecule has 0 aliphatic carbocycles. The van der Waals surface area contributed by atoms with Gasteiger partial charge in [0.05, 0.1) is 16.5 Å². The predicted octanol–water partition coefficient (Wildman–Crippen LogP) is 8.71. The Morgan fingerprint density at radius 2 is 1.60 bits per heavy atom. The van der Waals surface area contributed by atoms with Crippen LogP contribution >= 0.6 is 11.6 Å². The Morgan fingerprint density at radius 3 is 2.23 bits per heavy atom. The molecule has 4 aromatic rings. The van der Waals surface area contributed by atoms with Gasteiger partial charge in [-0.25, -0.2) is 4.98 Å². The number of benzene rings is 3. The van der Waals surface area contributed by atoms with Crippen LogP contribution in [0.15, 0.2) is 72.8 Å². The van der Waals surface area contributed by atoms with E-state index < -0.39 is 17.1 Å². The van der Waals surface area contributed by atoms with Crippen LogP contribution in [0.3, 0.4) is 0 Å². The van der Waals surface area contributed by atoms with Gasteiger partial charge in [0.25, 0.3) is 0 Å². The standard InChI is InChI=1S/C35H36ClNO3/c1-23-21-29-28(20-19-27(37-29)18-13-24-11-9-8-10-12-24)32(25-14-16-26(36)17-15-25)31(23)30(40-35(5,6)7)22-39-33(38)34(2,3)4/h8-12,14-17,19-21,30H,22H2,1-7H3/t30-/m0/s1. The van der Waals surface area contributed by atoms with Crippen molar-refractivity contribution in [3.05, 3.63) is 100 Å². The molecule has 0 bridgehead atoms. The summed E-state index contributed by atoms with van der Waals surface area (Å²) in [6.07, 6.45) is -0.501. The maximum atomic E-state index is 12.7. The fourth-order valence-corrected chi connectivity index (χ4v) is 4.59. The molecule has 1 aromatic heterocycles. The van der Waals surface area contributed by atoms with Gasteiger partial charge in [-0.05, 0) is 119 Å². The Hall–Kier alpha value is -3.65. The number of rotatable bonds is 5. The summed E-state index contributed by atoms with van der Waals surface area (Å²) >= 11 is 6.26. The molecule has 3 aromatic carbocycles. The molecule has 5 heteroatoms. The Bertz CT molecular complexity index is 1570. The van der Waals surface area contributed by atoms with Crippen molar-refractivity contribution < 1.29 is 14.3 Å². The van der Waals surface area contributed by atoms with E-state index in [1.54, 1.807) is 0 Å². The monoisotopic (exact) mass is 553 g/mol. The normalized spacial score (nSPS) is 12.5. The molecular weight excluding hydrogens is 518 g/mol. The zero-order chi connectivity index (χ0) is 29.1. The highest BCUT2D eigenvalue weighted by Gasteiger charge is 2.30. The van der Waals surface area contributed by atoms with E-state index in [0.29, 0.717) is 10.7 Å². The zero-order valence-electron chi connectivity index (χ0n) is 24.3. The van der Waals surface area contributed by atoms with E-state index in [0.717, 1.165) is 38.7 Å². The quantitative estimate of drug-likeness (QED) is 0.183. The Kier molecular flexibility index (Phi) is 8.68. The van der Waals surface area contributed by atoms with Gasteiger partial charge in [-0.1, -0.05) is 47.9 Å². The average molecular weight is 554 g/mol. The molecule has 4 nitrogen and oxygen atoms in total. The van der Waals surface area contributed by atoms with Gasteiger partial charge < -0.3 is 9.47 Å². The van der Waals surface area contributed by atoms with Crippen molar-refractivity contribution in [1.82, 2.24) is 4.98 Å². The third-order valence-corrected chi connectivity index (χ3v) is 6.53. The number of ether oxygens (including phenoxy) is 2. The Balaban J connectivity index is 1.89. The zero-order valence-corrected chi connectivity index (χ0v) is 25.0. The molecule has 40 heavy (non-hydrogen) atoms. The summed E-state index contributed by atoms with van der Waals surface area (Å²) in [6.45, 7) is 13.7. The Labute approximate surface area is 242 Å². The molecular formula is C35H36ClNO3. The van der Waals surface area contributed by atoms with E-state index >= 15 is 0 Å². The van der Waals surface area contributed by atoms with Gasteiger partial charge in [-0.15, -0.1) is 0 Å². The van der Waals surface area contributed by atoms with Gasteiger partial charge in [-0.3, -0.25) is 4.79 Å². The Morgan fingerprint density at radius 1 is 0.925 bits per heavy atom. The molecule has 0 amide bonds. The maximum Gasteiger partial charge on any atom is 0.311 e. The van der Waals surface area contributed by atoms with Crippen LogP contribution in [0.25, 0.3) is 22.0 Å². The molecule has 4 rings (SSSR count). The fourth-order valence-electron chi connectivity index (χ4n) is 4.46. The van der Waals surface area contributed by atoms with Crippen LogP contribution in [-0.4, -0.2) is 23.2 Å². The summed E-state index contributed by atoms with van der Waals surface area (Å²) in [5.41, 5.74) is 5.24. The van der Waals surface area contributed by atoms with Crippen molar-refractivity contribution in [1.29, 1.82) is 0 Å². The SMILES string of the molecule is Cc1cc2nc(C#Cc3ccccc3)ccc2c(-c2ccc(Cl)cc2)c1[C@H](COC(=O)C(C)(C)C)OC(C)(C)C. The highest BCUT2D eigenvalue weighted by atomic mass is 35.5. The highest BCUT2D eigenvalue weighted by Crippen LogP contribution is 2.40. The lowest BCUT2D eigenvalue weighted by molar-refractivity contribution is -0.162. The van der Waals surface area contributed by atoms with Gasteiger partial charge >= 0.3 is 5.97 Å². The molecule has 0 aliphatic rings. The van der Waals surface area contributed by atoms with Gasteiger partial charge in [0.15, 0.2) is 0 Å². The summed E-state index contributed by atoms with van der Waals surface area (Å²) in [6, 6.07) is 23.7. The smallest absolute Gasteiger partial charge is 0.311 e. The molecule has 1 heterocycles. The summed E-state index contributed by atoms with van der Waals surface area (Å²) in [4.78, 5) is 17.7. The van der Waals surface area contributed by atoms with Crippen LogP contribution in [0.2, 0.25) is 5.02 Å². The van der Waals surface area contributed by atoms with E-state index in [9.17, 15) is 4.79 Å². The number of pyridine rings is 1. The minimum Gasteiger partial charge on any atom is -0.462 e. The van der Waals surface area contributed by atoms with Gasteiger partial charge in [0, 0.05) is 16.0 Å². The van der Waals surface area contributed by atoms with Crippen LogP contribution in [0.1, 0.15) is 70.0 Å². The lowest BCUT2D eigenvalue weighted by atomic mass is 9.88. The van der Waals surface area contributed by atoms with Crippen molar-refractivity contribution in [3.8, 4) is 23.0 Å². The fraction of sp³-hybridized carbons (Fsp3) is 0.314. The first-order valence-electron chi connectivity index (χ1n) is 13.4. The molecule has 1 atom stereocenters. The predicted molar refractivity (Wildman–Crippen MR) is 163 cm³/mol. The van der Waals surface area contributed by atoms with Gasteiger partial charge in [0.1, 0.15) is 18.4 Å². The van der Waals surface area contributed by atoms with E-state index in [2.05, 4.69) is 24.0 Å². The van der Waals surface area contributed by atoms with Crippen molar-refractivity contribution in [3.63, 3.8) is 0 Å². The van der Waals surface area contributed by atoms with E-state index in [-0.39, 0.29) is 12.6 Å². The second-order valence-corrected chi connectivity index (χ2v) is 12.4. The van der Waals surface area contributed by atoms with Crippen LogP contribution < -0.4 is 0 Å². The second-order valence-electron chi connectivity index (χ2n) is 11.9. The van der Waals surface area contributed by atoms with Gasteiger partial charge in [-0.2, -0.15) is 0 Å². The summed E-state index contributed by atoms with van der Waals surface area (Å²) < 4.78 is 12.4. The molecule has 0 fully saturated rings. The number of carbonyl (C=O) groups is 1. The van der Waals surface area contributed by atoms with E-state index in [1.165, 1.54) is 0 Å². The molecule has 0 saturated heterocycles. The molecule has 0 saturated carbocycles. The summed E-state index contributed by atoms with van der Waals surface area (Å²) in [5, 5.41) is 1.61. The van der Waals surface area contributed by atoms with Crippen LogP contribution in [0.5, 0.6) is 0 Å². The minimum atomic E-state index is -0.620. The summed E-state index contributed by atoms with van der Waals surface area (Å²) in [5.74, 6) is 6.11.